The summed E-state index contributed by atoms with van der Waals surface area (Å²) in [6.45, 7) is 3.57. The number of amides is 1. The summed E-state index contributed by atoms with van der Waals surface area (Å²) in [5.41, 5.74) is 1.83. The molecule has 22 heavy (non-hydrogen) atoms. The molecular formula is C17H21N3O2. The van der Waals surface area contributed by atoms with E-state index in [0.717, 1.165) is 43.7 Å². The van der Waals surface area contributed by atoms with Gasteiger partial charge in [-0.2, -0.15) is 0 Å². The largest absolute Gasteiger partial charge is 0.493 e. The van der Waals surface area contributed by atoms with E-state index in [1.54, 1.807) is 12.5 Å². The molecule has 1 aromatic carbocycles. The topological polar surface area (TPSA) is 56.2 Å². The second-order valence-corrected chi connectivity index (χ2v) is 5.61. The zero-order valence-corrected chi connectivity index (χ0v) is 12.8. The fourth-order valence-corrected chi connectivity index (χ4v) is 2.70. The third kappa shape index (κ3) is 3.30. The lowest BCUT2D eigenvalue weighted by molar-refractivity contribution is 0.0931. The first kappa shape index (κ1) is 14.6. The molecule has 1 amide bonds. The van der Waals surface area contributed by atoms with E-state index in [1.807, 2.05) is 29.0 Å². The summed E-state index contributed by atoms with van der Waals surface area (Å²) in [6.07, 6.45) is 8.28. The number of aryl methyl sites for hydroxylation is 1. The van der Waals surface area contributed by atoms with Gasteiger partial charge in [0, 0.05) is 30.5 Å². The smallest absolute Gasteiger partial charge is 0.251 e. The van der Waals surface area contributed by atoms with E-state index < -0.39 is 0 Å². The number of ether oxygens (including phenoxy) is 1. The van der Waals surface area contributed by atoms with Crippen molar-refractivity contribution in [2.24, 2.45) is 0 Å². The summed E-state index contributed by atoms with van der Waals surface area (Å²) >= 11 is 0. The Morgan fingerprint density at radius 1 is 1.50 bits per heavy atom. The van der Waals surface area contributed by atoms with Gasteiger partial charge < -0.3 is 14.6 Å². The zero-order valence-electron chi connectivity index (χ0n) is 12.8. The third-order valence-corrected chi connectivity index (χ3v) is 3.99. The number of rotatable bonds is 5. The molecule has 5 heteroatoms. The highest BCUT2D eigenvalue weighted by atomic mass is 16.5. The van der Waals surface area contributed by atoms with Gasteiger partial charge in [-0.1, -0.05) is 6.92 Å². The van der Waals surface area contributed by atoms with Crippen LogP contribution in [0.25, 0.3) is 0 Å². The summed E-state index contributed by atoms with van der Waals surface area (Å²) in [6, 6.07) is 5.78. The SMILES string of the molecule is CC[C@@H](Cn1ccnc1)NC(=O)c1ccc2c(c1)CCCO2. The van der Waals surface area contributed by atoms with Crippen LogP contribution in [0.3, 0.4) is 0 Å². The molecule has 3 rings (SSSR count). The van der Waals surface area contributed by atoms with E-state index in [0.29, 0.717) is 5.56 Å². The first-order valence-corrected chi connectivity index (χ1v) is 7.78. The Kier molecular flexibility index (Phi) is 4.42. The van der Waals surface area contributed by atoms with E-state index in [4.69, 9.17) is 4.74 Å². The first-order chi connectivity index (χ1) is 10.8. The second kappa shape index (κ2) is 6.64. The van der Waals surface area contributed by atoms with Gasteiger partial charge in [-0.25, -0.2) is 4.98 Å². The molecule has 1 N–H and O–H groups in total. The van der Waals surface area contributed by atoms with Gasteiger partial charge in [0.05, 0.1) is 12.9 Å². The minimum Gasteiger partial charge on any atom is -0.493 e. The summed E-state index contributed by atoms with van der Waals surface area (Å²) in [5.74, 6) is 0.883. The van der Waals surface area contributed by atoms with Gasteiger partial charge in [0.15, 0.2) is 0 Å². The monoisotopic (exact) mass is 299 g/mol. The Balaban J connectivity index is 1.67. The fraction of sp³-hybridized carbons (Fsp3) is 0.412. The molecule has 0 saturated heterocycles. The van der Waals surface area contributed by atoms with Crippen molar-refractivity contribution in [3.63, 3.8) is 0 Å². The van der Waals surface area contributed by atoms with E-state index in [1.165, 1.54) is 0 Å². The van der Waals surface area contributed by atoms with Crippen molar-refractivity contribution in [3.05, 3.63) is 48.0 Å². The highest BCUT2D eigenvalue weighted by Gasteiger charge is 2.16. The van der Waals surface area contributed by atoms with Crippen molar-refractivity contribution in [3.8, 4) is 5.75 Å². The van der Waals surface area contributed by atoms with Crippen LogP contribution in [0.15, 0.2) is 36.9 Å². The van der Waals surface area contributed by atoms with Crippen LogP contribution < -0.4 is 10.1 Å². The van der Waals surface area contributed by atoms with Gasteiger partial charge in [0.1, 0.15) is 5.75 Å². The van der Waals surface area contributed by atoms with Crippen molar-refractivity contribution in [2.45, 2.75) is 38.8 Å². The van der Waals surface area contributed by atoms with Crippen molar-refractivity contribution >= 4 is 5.91 Å². The predicted molar refractivity (Wildman–Crippen MR) is 84.0 cm³/mol. The van der Waals surface area contributed by atoms with Gasteiger partial charge in [0.25, 0.3) is 5.91 Å². The number of hydrogen-bond donors (Lipinski definition) is 1. The molecule has 0 spiro atoms. The maximum Gasteiger partial charge on any atom is 0.251 e. The average Bonchev–Trinajstić information content (AvgIpc) is 3.06. The first-order valence-electron chi connectivity index (χ1n) is 7.78. The molecule has 0 bridgehead atoms. The lowest BCUT2D eigenvalue weighted by Gasteiger charge is -2.20. The van der Waals surface area contributed by atoms with Crippen LogP contribution >= 0.6 is 0 Å². The number of nitrogens with zero attached hydrogens (tertiary/aromatic N) is 2. The average molecular weight is 299 g/mol. The molecule has 0 unspecified atom stereocenters. The summed E-state index contributed by atoms with van der Waals surface area (Å²) in [5, 5.41) is 3.10. The van der Waals surface area contributed by atoms with Crippen LogP contribution in [0.4, 0.5) is 0 Å². The third-order valence-electron chi connectivity index (χ3n) is 3.99. The molecule has 0 aliphatic carbocycles. The second-order valence-electron chi connectivity index (χ2n) is 5.61. The molecule has 1 aliphatic rings. The fourth-order valence-electron chi connectivity index (χ4n) is 2.70. The number of carbonyl (C=O) groups is 1. The standard InChI is InChI=1S/C17H21N3O2/c1-2-15(11-20-8-7-18-12-20)19-17(21)14-5-6-16-13(10-14)4-3-9-22-16/h5-8,10,12,15H,2-4,9,11H2,1H3,(H,19,21)/t15-/m0/s1. The Labute approximate surface area is 130 Å². The number of aromatic nitrogens is 2. The van der Waals surface area contributed by atoms with Gasteiger partial charge in [0.2, 0.25) is 0 Å². The van der Waals surface area contributed by atoms with Crippen LogP contribution in [-0.2, 0) is 13.0 Å². The Bertz CT molecular complexity index is 637. The van der Waals surface area contributed by atoms with Gasteiger partial charge >= 0.3 is 0 Å². The molecule has 1 atom stereocenters. The van der Waals surface area contributed by atoms with Crippen molar-refractivity contribution in [2.75, 3.05) is 6.61 Å². The molecule has 1 aromatic heterocycles. The normalized spacial score (nSPS) is 14.8. The Hall–Kier alpha value is -2.30. The highest BCUT2D eigenvalue weighted by molar-refractivity contribution is 5.94. The number of hydrogen-bond acceptors (Lipinski definition) is 3. The number of carbonyl (C=O) groups excluding carboxylic acids is 1. The Morgan fingerprint density at radius 3 is 3.18 bits per heavy atom. The summed E-state index contributed by atoms with van der Waals surface area (Å²) in [7, 11) is 0. The van der Waals surface area contributed by atoms with Crippen LogP contribution in [0.1, 0.15) is 35.7 Å². The van der Waals surface area contributed by atoms with Crippen LogP contribution in [0.5, 0.6) is 5.75 Å². The molecule has 1 aliphatic heterocycles. The van der Waals surface area contributed by atoms with E-state index >= 15 is 0 Å². The molecule has 5 nitrogen and oxygen atoms in total. The molecular weight excluding hydrogens is 278 g/mol. The van der Waals surface area contributed by atoms with E-state index in [2.05, 4.69) is 17.2 Å². The van der Waals surface area contributed by atoms with Crippen LogP contribution in [0.2, 0.25) is 0 Å². The number of imidazole rings is 1. The zero-order chi connectivity index (χ0) is 15.4. The summed E-state index contributed by atoms with van der Waals surface area (Å²) in [4.78, 5) is 16.5. The van der Waals surface area contributed by atoms with Crippen LogP contribution in [0, 0.1) is 0 Å². The lowest BCUT2D eigenvalue weighted by Crippen LogP contribution is -2.37. The predicted octanol–water partition coefficient (Wildman–Crippen LogP) is 2.42. The molecule has 2 aromatic rings. The van der Waals surface area contributed by atoms with Gasteiger partial charge in [-0.05, 0) is 43.0 Å². The van der Waals surface area contributed by atoms with Crippen molar-refractivity contribution < 1.29 is 9.53 Å². The highest BCUT2D eigenvalue weighted by Crippen LogP contribution is 2.25. The quantitative estimate of drug-likeness (QED) is 0.922. The van der Waals surface area contributed by atoms with Crippen molar-refractivity contribution in [1.82, 2.24) is 14.9 Å². The van der Waals surface area contributed by atoms with E-state index in [9.17, 15) is 4.79 Å². The number of nitrogens with one attached hydrogen (secondary N) is 1. The molecule has 2 heterocycles. The Morgan fingerprint density at radius 2 is 2.41 bits per heavy atom. The molecule has 0 radical (unpaired) electrons. The maximum absolute atomic E-state index is 12.5. The maximum atomic E-state index is 12.5. The van der Waals surface area contributed by atoms with Crippen LogP contribution in [-0.4, -0.2) is 28.1 Å². The lowest BCUT2D eigenvalue weighted by atomic mass is 10.0. The minimum atomic E-state index is -0.0275. The number of fused-ring (bicyclic) bond motifs is 1. The van der Waals surface area contributed by atoms with E-state index in [-0.39, 0.29) is 11.9 Å². The van der Waals surface area contributed by atoms with Gasteiger partial charge in [-0.3, -0.25) is 4.79 Å². The minimum absolute atomic E-state index is 0.0275. The molecule has 0 saturated carbocycles. The molecule has 116 valence electrons. The number of benzene rings is 1. The summed E-state index contributed by atoms with van der Waals surface area (Å²) < 4.78 is 7.57. The van der Waals surface area contributed by atoms with Crippen molar-refractivity contribution in [1.29, 1.82) is 0 Å². The van der Waals surface area contributed by atoms with Gasteiger partial charge in [-0.15, -0.1) is 0 Å². The molecule has 0 fully saturated rings.